The molecule has 0 aliphatic rings. The molecule has 0 aliphatic carbocycles. The molecule has 0 saturated carbocycles. The molecule has 2 aromatic rings. The average molecular weight is 293 g/mol. The molecule has 0 fully saturated rings. The van der Waals surface area contributed by atoms with Crippen LogP contribution in [0.2, 0.25) is 0 Å². The molecule has 0 amide bonds. The van der Waals surface area contributed by atoms with Crippen molar-refractivity contribution in [1.82, 2.24) is 14.1 Å². The van der Waals surface area contributed by atoms with Crippen LogP contribution in [-0.4, -0.2) is 29.0 Å². The van der Waals surface area contributed by atoms with Crippen molar-refractivity contribution in [2.45, 2.75) is 25.3 Å². The van der Waals surface area contributed by atoms with Crippen molar-refractivity contribution in [2.75, 3.05) is 6.54 Å². The van der Waals surface area contributed by atoms with Crippen molar-refractivity contribution >= 4 is 10.0 Å². The molecule has 0 spiro atoms. The van der Waals surface area contributed by atoms with Crippen molar-refractivity contribution in [1.29, 1.82) is 0 Å². The molecule has 0 aliphatic heterocycles. The van der Waals surface area contributed by atoms with Gasteiger partial charge in [0.05, 0.1) is 6.20 Å². The molecule has 6 heteroatoms. The molecule has 0 N–H and O–H groups in total. The molecule has 1 aromatic carbocycles. The quantitative estimate of drug-likeness (QED) is 0.846. The van der Waals surface area contributed by atoms with E-state index in [-0.39, 0.29) is 4.90 Å². The van der Waals surface area contributed by atoms with Gasteiger partial charge in [0.25, 0.3) is 0 Å². The van der Waals surface area contributed by atoms with Crippen LogP contribution in [0.25, 0.3) is 0 Å². The van der Waals surface area contributed by atoms with Gasteiger partial charge in [0.1, 0.15) is 4.90 Å². The third-order valence-corrected chi connectivity index (χ3v) is 5.15. The molecule has 0 bridgehead atoms. The number of nitrogens with zero attached hydrogens (tertiary/aromatic N) is 3. The lowest BCUT2D eigenvalue weighted by Gasteiger charge is -2.20. The average Bonchev–Trinajstić information content (AvgIpc) is 2.85. The summed E-state index contributed by atoms with van der Waals surface area (Å²) in [6.07, 6.45) is 2.91. The fourth-order valence-electron chi connectivity index (χ4n) is 2.03. The minimum absolute atomic E-state index is 0.232. The highest BCUT2D eigenvalue weighted by atomic mass is 32.2. The minimum atomic E-state index is -3.50. The summed E-state index contributed by atoms with van der Waals surface area (Å²) in [7, 11) is -1.79. The summed E-state index contributed by atoms with van der Waals surface area (Å²) in [5, 5.41) is 3.94. The second-order valence-electron chi connectivity index (χ2n) is 4.71. The number of aromatic nitrogens is 2. The lowest BCUT2D eigenvalue weighted by molar-refractivity contribution is 0.422. The third-order valence-electron chi connectivity index (χ3n) is 3.28. The van der Waals surface area contributed by atoms with Crippen LogP contribution in [0.1, 0.15) is 18.1 Å². The number of sulfonamides is 1. The Morgan fingerprint density at radius 1 is 1.30 bits per heavy atom. The fourth-order valence-corrected chi connectivity index (χ4v) is 3.44. The van der Waals surface area contributed by atoms with Gasteiger partial charge >= 0.3 is 0 Å². The maximum absolute atomic E-state index is 12.6. The predicted molar refractivity (Wildman–Crippen MR) is 77.7 cm³/mol. The van der Waals surface area contributed by atoms with Crippen LogP contribution in [-0.2, 0) is 23.6 Å². The predicted octanol–water partition coefficient (Wildman–Crippen LogP) is 1.94. The van der Waals surface area contributed by atoms with Crippen LogP contribution >= 0.6 is 0 Å². The summed E-state index contributed by atoms with van der Waals surface area (Å²) in [6.45, 7) is 4.62. The van der Waals surface area contributed by atoms with E-state index in [0.717, 1.165) is 11.1 Å². The molecule has 0 saturated heterocycles. The van der Waals surface area contributed by atoms with Gasteiger partial charge in [-0.15, -0.1) is 0 Å². The first-order valence-corrected chi connectivity index (χ1v) is 7.92. The highest BCUT2D eigenvalue weighted by molar-refractivity contribution is 7.89. The molecule has 1 heterocycles. The van der Waals surface area contributed by atoms with Crippen molar-refractivity contribution in [2.24, 2.45) is 7.05 Å². The first-order valence-electron chi connectivity index (χ1n) is 6.48. The Morgan fingerprint density at radius 2 is 2.00 bits per heavy atom. The molecule has 20 heavy (non-hydrogen) atoms. The number of hydrogen-bond acceptors (Lipinski definition) is 3. The van der Waals surface area contributed by atoms with Crippen molar-refractivity contribution in [3.05, 3.63) is 47.8 Å². The molecular weight excluding hydrogens is 274 g/mol. The number of hydrogen-bond donors (Lipinski definition) is 0. The molecule has 2 rings (SSSR count). The number of benzene rings is 1. The Kier molecular flexibility index (Phi) is 4.25. The van der Waals surface area contributed by atoms with Gasteiger partial charge in [-0.1, -0.05) is 31.2 Å². The van der Waals surface area contributed by atoms with Crippen LogP contribution in [0.15, 0.2) is 41.6 Å². The van der Waals surface area contributed by atoms with Gasteiger partial charge in [0.2, 0.25) is 10.0 Å². The van der Waals surface area contributed by atoms with Gasteiger partial charge in [-0.25, -0.2) is 8.42 Å². The summed E-state index contributed by atoms with van der Waals surface area (Å²) < 4.78 is 28.1. The summed E-state index contributed by atoms with van der Waals surface area (Å²) in [5.41, 5.74) is 2.11. The summed E-state index contributed by atoms with van der Waals surface area (Å²) in [4.78, 5) is 0.232. The highest BCUT2D eigenvalue weighted by Crippen LogP contribution is 2.18. The standard InChI is InChI=1S/C14H19N3O2S/c1-4-17(10-13-8-6-5-7-12(13)2)20(18,19)14-9-15-16(3)11-14/h5-9,11H,4,10H2,1-3H3. The second-order valence-corrected chi connectivity index (χ2v) is 6.65. The van der Waals surface area contributed by atoms with E-state index in [1.165, 1.54) is 21.4 Å². The van der Waals surface area contributed by atoms with Crippen LogP contribution < -0.4 is 0 Å². The Labute approximate surface area is 119 Å². The molecule has 0 radical (unpaired) electrons. The SMILES string of the molecule is CCN(Cc1ccccc1C)S(=O)(=O)c1cnn(C)c1. The van der Waals surface area contributed by atoms with Crippen molar-refractivity contribution in [3.8, 4) is 0 Å². The van der Waals surface area contributed by atoms with Gasteiger partial charge in [-0.05, 0) is 18.1 Å². The second kappa shape index (κ2) is 5.76. The van der Waals surface area contributed by atoms with Gasteiger partial charge in [0.15, 0.2) is 0 Å². The summed E-state index contributed by atoms with van der Waals surface area (Å²) in [5.74, 6) is 0. The van der Waals surface area contributed by atoms with Crippen LogP contribution in [0.4, 0.5) is 0 Å². The molecular formula is C14H19N3O2S. The van der Waals surface area contributed by atoms with E-state index in [9.17, 15) is 8.42 Å². The Bertz CT molecular complexity index is 692. The van der Waals surface area contributed by atoms with Crippen LogP contribution in [0.5, 0.6) is 0 Å². The van der Waals surface area contributed by atoms with Crippen LogP contribution in [0.3, 0.4) is 0 Å². The Hall–Kier alpha value is -1.66. The number of aryl methyl sites for hydroxylation is 2. The van der Waals surface area contributed by atoms with E-state index in [0.29, 0.717) is 13.1 Å². The lowest BCUT2D eigenvalue weighted by Crippen LogP contribution is -2.30. The first kappa shape index (κ1) is 14.7. The van der Waals surface area contributed by atoms with Crippen molar-refractivity contribution < 1.29 is 8.42 Å². The largest absolute Gasteiger partial charge is 0.274 e. The third kappa shape index (κ3) is 2.91. The lowest BCUT2D eigenvalue weighted by atomic mass is 10.1. The van der Waals surface area contributed by atoms with E-state index >= 15 is 0 Å². The van der Waals surface area contributed by atoms with E-state index in [4.69, 9.17) is 0 Å². The molecule has 108 valence electrons. The van der Waals surface area contributed by atoms with Gasteiger partial charge in [-0.2, -0.15) is 9.40 Å². The zero-order valence-corrected chi connectivity index (χ0v) is 12.8. The minimum Gasteiger partial charge on any atom is -0.274 e. The van der Waals surface area contributed by atoms with E-state index < -0.39 is 10.0 Å². The maximum Gasteiger partial charge on any atom is 0.246 e. The van der Waals surface area contributed by atoms with Gasteiger partial charge in [0, 0.05) is 26.3 Å². The Balaban J connectivity index is 2.31. The Morgan fingerprint density at radius 3 is 2.55 bits per heavy atom. The zero-order valence-electron chi connectivity index (χ0n) is 11.9. The monoisotopic (exact) mass is 293 g/mol. The number of rotatable bonds is 5. The summed E-state index contributed by atoms with van der Waals surface area (Å²) >= 11 is 0. The first-order chi connectivity index (χ1) is 9.45. The maximum atomic E-state index is 12.6. The van der Waals surface area contributed by atoms with E-state index in [1.807, 2.05) is 38.1 Å². The van der Waals surface area contributed by atoms with E-state index in [1.54, 1.807) is 7.05 Å². The topological polar surface area (TPSA) is 55.2 Å². The zero-order chi connectivity index (χ0) is 14.8. The summed E-state index contributed by atoms with van der Waals surface area (Å²) in [6, 6.07) is 7.81. The fraction of sp³-hybridized carbons (Fsp3) is 0.357. The normalized spacial score (nSPS) is 12.0. The van der Waals surface area contributed by atoms with Crippen LogP contribution in [0, 0.1) is 6.92 Å². The molecule has 0 atom stereocenters. The van der Waals surface area contributed by atoms with Gasteiger partial charge < -0.3 is 0 Å². The van der Waals surface area contributed by atoms with Crippen molar-refractivity contribution in [3.63, 3.8) is 0 Å². The molecule has 5 nitrogen and oxygen atoms in total. The smallest absolute Gasteiger partial charge is 0.246 e. The van der Waals surface area contributed by atoms with Gasteiger partial charge in [-0.3, -0.25) is 4.68 Å². The molecule has 0 unspecified atom stereocenters. The van der Waals surface area contributed by atoms with E-state index in [2.05, 4.69) is 5.10 Å². The molecule has 1 aromatic heterocycles. The highest BCUT2D eigenvalue weighted by Gasteiger charge is 2.24.